The van der Waals surface area contributed by atoms with E-state index >= 15 is 0 Å². The Labute approximate surface area is 123 Å². The zero-order chi connectivity index (χ0) is 13.7. The van der Waals surface area contributed by atoms with Gasteiger partial charge >= 0.3 is 0 Å². The summed E-state index contributed by atoms with van der Waals surface area (Å²) < 4.78 is 0.288. The fraction of sp³-hybridized carbons (Fsp3) is 0.500. The third-order valence-corrected chi connectivity index (χ3v) is 4.97. The van der Waals surface area contributed by atoms with Crippen molar-refractivity contribution in [2.45, 2.75) is 24.5 Å². The first-order valence-corrected chi connectivity index (χ1v) is 7.84. The molecule has 2 rings (SSSR count). The normalized spacial score (nSPS) is 22.4. The Kier molecular flexibility index (Phi) is 5.13. The first-order valence-electron chi connectivity index (χ1n) is 6.48. The summed E-state index contributed by atoms with van der Waals surface area (Å²) in [5.74, 6) is 1.20. The van der Waals surface area contributed by atoms with E-state index in [4.69, 9.17) is 11.6 Å². The third kappa shape index (κ3) is 4.71. The lowest BCUT2D eigenvalue weighted by atomic mass is 10.1. The molecule has 1 saturated heterocycles. The van der Waals surface area contributed by atoms with Gasteiger partial charge in [-0.3, -0.25) is 4.79 Å². The van der Waals surface area contributed by atoms with Crippen LogP contribution in [0.1, 0.15) is 19.8 Å². The number of benzene rings is 1. The highest BCUT2D eigenvalue weighted by molar-refractivity contribution is 8.00. The molecule has 3 nitrogen and oxygen atoms in total. The van der Waals surface area contributed by atoms with Crippen LogP contribution < -0.4 is 10.6 Å². The Bertz CT molecular complexity index is 447. The van der Waals surface area contributed by atoms with Gasteiger partial charge in [-0.05, 0) is 43.7 Å². The molecule has 0 bridgehead atoms. The van der Waals surface area contributed by atoms with Crippen molar-refractivity contribution in [2.75, 3.05) is 24.2 Å². The van der Waals surface area contributed by atoms with E-state index in [1.807, 2.05) is 23.9 Å². The van der Waals surface area contributed by atoms with Crippen molar-refractivity contribution < 1.29 is 4.79 Å². The molecule has 0 radical (unpaired) electrons. The number of halogens is 1. The van der Waals surface area contributed by atoms with Gasteiger partial charge in [-0.25, -0.2) is 0 Å². The van der Waals surface area contributed by atoms with Gasteiger partial charge in [0.2, 0.25) is 5.91 Å². The van der Waals surface area contributed by atoms with Crippen molar-refractivity contribution in [1.82, 2.24) is 5.32 Å². The molecule has 2 N–H and O–H groups in total. The quantitative estimate of drug-likeness (QED) is 0.877. The van der Waals surface area contributed by atoms with Crippen molar-refractivity contribution in [1.29, 1.82) is 0 Å². The molecule has 0 saturated carbocycles. The van der Waals surface area contributed by atoms with Gasteiger partial charge in [-0.1, -0.05) is 17.7 Å². The van der Waals surface area contributed by atoms with Crippen LogP contribution >= 0.6 is 23.4 Å². The number of thioether (sulfide) groups is 1. The molecule has 0 aliphatic carbocycles. The molecule has 1 aromatic rings. The molecule has 5 heteroatoms. The SMILES string of the molecule is CC1(CNCC(=O)Nc2cccc(Cl)c2)CCCS1. The molecular weight excluding hydrogens is 280 g/mol. The van der Waals surface area contributed by atoms with Gasteiger partial charge in [0.05, 0.1) is 6.54 Å². The molecule has 1 unspecified atom stereocenters. The highest BCUT2D eigenvalue weighted by atomic mass is 35.5. The van der Waals surface area contributed by atoms with Crippen molar-refractivity contribution in [3.8, 4) is 0 Å². The van der Waals surface area contributed by atoms with Crippen LogP contribution in [0.25, 0.3) is 0 Å². The van der Waals surface area contributed by atoms with Crippen molar-refractivity contribution in [2.24, 2.45) is 0 Å². The van der Waals surface area contributed by atoms with E-state index in [2.05, 4.69) is 17.6 Å². The zero-order valence-electron chi connectivity index (χ0n) is 11.0. The lowest BCUT2D eigenvalue weighted by Crippen LogP contribution is -2.37. The highest BCUT2D eigenvalue weighted by Gasteiger charge is 2.28. The van der Waals surface area contributed by atoms with Crippen LogP contribution in [0, 0.1) is 0 Å². The van der Waals surface area contributed by atoms with Gasteiger partial charge in [-0.15, -0.1) is 0 Å². The molecule has 104 valence electrons. The Morgan fingerprint density at radius 2 is 2.37 bits per heavy atom. The molecule has 0 aromatic heterocycles. The summed E-state index contributed by atoms with van der Waals surface area (Å²) in [4.78, 5) is 11.8. The number of rotatable bonds is 5. The summed E-state index contributed by atoms with van der Waals surface area (Å²) in [6.45, 7) is 3.47. The number of carbonyl (C=O) groups is 1. The van der Waals surface area contributed by atoms with E-state index in [9.17, 15) is 4.79 Å². The van der Waals surface area contributed by atoms with Crippen LogP contribution in [0.2, 0.25) is 5.02 Å². The Hall–Kier alpha value is -0.710. The number of nitrogens with one attached hydrogen (secondary N) is 2. The monoisotopic (exact) mass is 298 g/mol. The topological polar surface area (TPSA) is 41.1 Å². The fourth-order valence-corrected chi connectivity index (χ4v) is 3.65. The van der Waals surface area contributed by atoms with Crippen LogP contribution in [-0.2, 0) is 4.79 Å². The lowest BCUT2D eigenvalue weighted by molar-refractivity contribution is -0.115. The summed E-state index contributed by atoms with van der Waals surface area (Å²) in [6.07, 6.45) is 2.50. The third-order valence-electron chi connectivity index (χ3n) is 3.19. The average molecular weight is 299 g/mol. The van der Waals surface area contributed by atoms with E-state index in [1.54, 1.807) is 12.1 Å². The van der Waals surface area contributed by atoms with Crippen molar-refractivity contribution in [3.63, 3.8) is 0 Å². The molecule has 1 heterocycles. The molecule has 1 atom stereocenters. The van der Waals surface area contributed by atoms with Crippen molar-refractivity contribution in [3.05, 3.63) is 29.3 Å². The van der Waals surface area contributed by atoms with E-state index in [1.165, 1.54) is 18.6 Å². The molecule has 19 heavy (non-hydrogen) atoms. The second-order valence-corrected chi connectivity index (χ2v) is 7.18. The molecule has 1 amide bonds. The van der Waals surface area contributed by atoms with Crippen LogP contribution in [0.3, 0.4) is 0 Å². The minimum Gasteiger partial charge on any atom is -0.325 e. The van der Waals surface area contributed by atoms with Crippen LogP contribution in [0.15, 0.2) is 24.3 Å². The van der Waals surface area contributed by atoms with Gasteiger partial charge in [0.15, 0.2) is 0 Å². The Balaban J connectivity index is 1.73. The summed E-state index contributed by atoms with van der Waals surface area (Å²) in [6, 6.07) is 7.18. The van der Waals surface area contributed by atoms with Crippen LogP contribution in [0.5, 0.6) is 0 Å². The average Bonchev–Trinajstić information content (AvgIpc) is 2.76. The van der Waals surface area contributed by atoms with E-state index < -0.39 is 0 Å². The number of anilines is 1. The van der Waals surface area contributed by atoms with Crippen LogP contribution in [0.4, 0.5) is 5.69 Å². The van der Waals surface area contributed by atoms with Gasteiger partial charge in [0.25, 0.3) is 0 Å². The molecule has 1 aliphatic rings. The maximum Gasteiger partial charge on any atom is 0.238 e. The summed E-state index contributed by atoms with van der Waals surface area (Å²) in [5.41, 5.74) is 0.737. The number of carbonyl (C=O) groups excluding carboxylic acids is 1. The predicted octanol–water partition coefficient (Wildman–Crippen LogP) is 3.15. The molecule has 1 aromatic carbocycles. The van der Waals surface area contributed by atoms with E-state index in [0.717, 1.165) is 12.2 Å². The van der Waals surface area contributed by atoms with Gasteiger partial charge in [0, 0.05) is 22.0 Å². The minimum absolute atomic E-state index is 0.0335. The lowest BCUT2D eigenvalue weighted by Gasteiger charge is -2.22. The number of hydrogen-bond acceptors (Lipinski definition) is 3. The maximum absolute atomic E-state index is 11.8. The molecular formula is C14H19ClN2OS. The second-order valence-electron chi connectivity index (χ2n) is 5.06. The zero-order valence-corrected chi connectivity index (χ0v) is 12.6. The van der Waals surface area contributed by atoms with E-state index in [0.29, 0.717) is 11.6 Å². The van der Waals surface area contributed by atoms with Gasteiger partial charge < -0.3 is 10.6 Å². The van der Waals surface area contributed by atoms with Crippen LogP contribution in [-0.4, -0.2) is 29.5 Å². The van der Waals surface area contributed by atoms with Gasteiger partial charge in [0.1, 0.15) is 0 Å². The second kappa shape index (κ2) is 6.64. The highest BCUT2D eigenvalue weighted by Crippen LogP contribution is 2.36. The minimum atomic E-state index is -0.0335. The van der Waals surface area contributed by atoms with Crippen molar-refractivity contribution >= 4 is 35.0 Å². The predicted molar refractivity (Wildman–Crippen MR) is 83.0 cm³/mol. The standard InChI is InChI=1S/C14H19ClN2OS/c1-14(6-3-7-19-14)10-16-9-13(18)17-12-5-2-4-11(15)8-12/h2,4-5,8,16H,3,6-7,9-10H2,1H3,(H,17,18). The smallest absolute Gasteiger partial charge is 0.238 e. The first kappa shape index (κ1) is 14.7. The van der Waals surface area contributed by atoms with E-state index in [-0.39, 0.29) is 10.7 Å². The molecule has 0 spiro atoms. The first-order chi connectivity index (χ1) is 9.07. The maximum atomic E-state index is 11.8. The van der Waals surface area contributed by atoms with Gasteiger partial charge in [-0.2, -0.15) is 11.8 Å². The number of hydrogen-bond donors (Lipinski definition) is 2. The summed E-state index contributed by atoms with van der Waals surface area (Å²) >= 11 is 7.86. The largest absolute Gasteiger partial charge is 0.325 e. The summed E-state index contributed by atoms with van der Waals surface area (Å²) in [5, 5.41) is 6.69. The number of amides is 1. The molecule has 1 fully saturated rings. The molecule has 1 aliphatic heterocycles. The summed E-state index contributed by atoms with van der Waals surface area (Å²) in [7, 11) is 0. The Morgan fingerprint density at radius 1 is 1.53 bits per heavy atom. The fourth-order valence-electron chi connectivity index (χ4n) is 2.19. The Morgan fingerprint density at radius 3 is 3.05 bits per heavy atom.